The molecule has 1 heterocycles. The molecule has 7 nitrogen and oxygen atoms in total. The van der Waals surface area contributed by atoms with Crippen LogP contribution in [0.25, 0.3) is 0 Å². The highest BCUT2D eigenvalue weighted by molar-refractivity contribution is 9.10. The third kappa shape index (κ3) is 5.01. The molecule has 3 aromatic rings. The van der Waals surface area contributed by atoms with Crippen LogP contribution in [0.15, 0.2) is 57.0 Å². The van der Waals surface area contributed by atoms with Gasteiger partial charge in [0.05, 0.1) is 5.69 Å². The Bertz CT molecular complexity index is 969. The third-order valence-corrected chi connectivity index (χ3v) is 4.89. The van der Waals surface area contributed by atoms with E-state index in [0.717, 1.165) is 4.47 Å². The molecule has 0 aliphatic rings. The summed E-state index contributed by atoms with van der Waals surface area (Å²) in [6.45, 7) is -2.96. The number of aryl methyl sites for hydroxylation is 1. The van der Waals surface area contributed by atoms with Crippen molar-refractivity contribution in [1.29, 1.82) is 0 Å². The Morgan fingerprint density at radius 1 is 1.30 bits per heavy atom. The summed E-state index contributed by atoms with van der Waals surface area (Å²) in [5.41, 5.74) is 0.701. The number of aromatic nitrogens is 4. The Morgan fingerprint density at radius 2 is 2.11 bits per heavy atom. The zero-order valence-corrected chi connectivity index (χ0v) is 16.2. The van der Waals surface area contributed by atoms with Crippen molar-refractivity contribution in [3.05, 3.63) is 52.5 Å². The summed E-state index contributed by atoms with van der Waals surface area (Å²) >= 11 is 4.64. The second-order valence-electron chi connectivity index (χ2n) is 5.19. The first-order chi connectivity index (χ1) is 12.9. The fourth-order valence-corrected chi connectivity index (χ4v) is 3.26. The maximum absolute atomic E-state index is 12.6. The Balaban J connectivity index is 1.83. The van der Waals surface area contributed by atoms with Gasteiger partial charge in [-0.2, -0.15) is 8.78 Å². The van der Waals surface area contributed by atoms with E-state index in [2.05, 4.69) is 41.5 Å². The number of halogens is 3. The summed E-state index contributed by atoms with van der Waals surface area (Å²) in [7, 11) is 1.70. The van der Waals surface area contributed by atoms with Gasteiger partial charge in [-0.3, -0.25) is 4.79 Å². The predicted molar refractivity (Wildman–Crippen MR) is 98.1 cm³/mol. The molecule has 0 aliphatic heterocycles. The van der Waals surface area contributed by atoms with Crippen molar-refractivity contribution in [1.82, 2.24) is 20.2 Å². The molecule has 27 heavy (non-hydrogen) atoms. The van der Waals surface area contributed by atoms with Gasteiger partial charge in [-0.15, -0.1) is 5.10 Å². The quantitative estimate of drug-likeness (QED) is 0.605. The summed E-state index contributed by atoms with van der Waals surface area (Å²) in [5, 5.41) is 14.6. The van der Waals surface area contributed by atoms with Crippen LogP contribution in [0.4, 0.5) is 14.5 Å². The molecule has 1 N–H and O–H groups in total. The number of ether oxygens (including phenoxy) is 1. The number of anilines is 1. The molecule has 1 amide bonds. The van der Waals surface area contributed by atoms with E-state index in [1.54, 1.807) is 19.2 Å². The van der Waals surface area contributed by atoms with E-state index in [0.29, 0.717) is 15.7 Å². The lowest BCUT2D eigenvalue weighted by atomic mass is 10.2. The van der Waals surface area contributed by atoms with Gasteiger partial charge in [0, 0.05) is 22.0 Å². The number of carbonyl (C=O) groups is 1. The molecular formula is C16H12BrF2N5O2S. The van der Waals surface area contributed by atoms with Gasteiger partial charge in [0.15, 0.2) is 0 Å². The van der Waals surface area contributed by atoms with Gasteiger partial charge in [0.25, 0.3) is 5.91 Å². The number of benzene rings is 2. The van der Waals surface area contributed by atoms with Gasteiger partial charge in [-0.1, -0.05) is 22.0 Å². The van der Waals surface area contributed by atoms with Gasteiger partial charge >= 0.3 is 6.61 Å². The molecule has 11 heteroatoms. The zero-order chi connectivity index (χ0) is 19.4. The molecule has 0 saturated carbocycles. The van der Waals surface area contributed by atoms with Crippen LogP contribution in [-0.2, 0) is 7.05 Å². The third-order valence-electron chi connectivity index (χ3n) is 3.29. The van der Waals surface area contributed by atoms with Crippen LogP contribution >= 0.6 is 27.7 Å². The summed E-state index contributed by atoms with van der Waals surface area (Å²) in [6, 6.07) is 10.9. The van der Waals surface area contributed by atoms with E-state index in [4.69, 9.17) is 0 Å². The van der Waals surface area contributed by atoms with Crippen LogP contribution in [0.3, 0.4) is 0 Å². The molecule has 0 atom stereocenters. The van der Waals surface area contributed by atoms with E-state index in [1.165, 1.54) is 40.7 Å². The number of tetrazole rings is 1. The molecule has 3 rings (SSSR count). The highest BCUT2D eigenvalue weighted by Crippen LogP contribution is 2.34. The largest absolute Gasteiger partial charge is 0.435 e. The fraction of sp³-hybridized carbons (Fsp3) is 0.125. The van der Waals surface area contributed by atoms with E-state index >= 15 is 0 Å². The van der Waals surface area contributed by atoms with E-state index in [9.17, 15) is 13.6 Å². The maximum atomic E-state index is 12.6. The molecule has 1 aromatic heterocycles. The first-order valence-corrected chi connectivity index (χ1v) is 9.09. The molecule has 0 saturated heterocycles. The van der Waals surface area contributed by atoms with Crippen molar-refractivity contribution in [3.8, 4) is 5.75 Å². The van der Waals surface area contributed by atoms with Crippen LogP contribution in [0.5, 0.6) is 5.75 Å². The average molecular weight is 456 g/mol. The summed E-state index contributed by atoms with van der Waals surface area (Å²) in [4.78, 5) is 13.3. The van der Waals surface area contributed by atoms with Crippen molar-refractivity contribution in [2.75, 3.05) is 5.32 Å². The van der Waals surface area contributed by atoms with Gasteiger partial charge in [-0.25, -0.2) is 4.68 Å². The number of hydrogen-bond acceptors (Lipinski definition) is 6. The molecule has 0 fully saturated rings. The lowest BCUT2D eigenvalue weighted by Gasteiger charge is -2.12. The number of carbonyl (C=O) groups excluding carboxylic acids is 1. The highest BCUT2D eigenvalue weighted by Gasteiger charge is 2.14. The smallest absolute Gasteiger partial charge is 0.387 e. The molecule has 0 aliphatic carbocycles. The van der Waals surface area contributed by atoms with Crippen LogP contribution in [0.2, 0.25) is 0 Å². The Labute approximate surface area is 165 Å². The normalized spacial score (nSPS) is 10.9. The summed E-state index contributed by atoms with van der Waals surface area (Å²) in [5.74, 6) is -0.558. The molecule has 0 spiro atoms. The second-order valence-corrected chi connectivity index (χ2v) is 7.11. The van der Waals surface area contributed by atoms with Gasteiger partial charge in [0.2, 0.25) is 5.16 Å². The number of nitrogens with zero attached hydrogens (tertiary/aromatic N) is 4. The van der Waals surface area contributed by atoms with Crippen molar-refractivity contribution in [3.63, 3.8) is 0 Å². The zero-order valence-electron chi connectivity index (χ0n) is 13.8. The Kier molecular flexibility index (Phi) is 6.01. The topological polar surface area (TPSA) is 81.9 Å². The van der Waals surface area contributed by atoms with Crippen LogP contribution in [-0.4, -0.2) is 32.7 Å². The van der Waals surface area contributed by atoms with E-state index < -0.39 is 12.5 Å². The van der Waals surface area contributed by atoms with Gasteiger partial charge in [0.1, 0.15) is 5.75 Å². The van der Waals surface area contributed by atoms with E-state index in [-0.39, 0.29) is 11.3 Å². The molecule has 0 radical (unpaired) electrons. The lowest BCUT2D eigenvalue weighted by Crippen LogP contribution is -2.13. The van der Waals surface area contributed by atoms with Gasteiger partial charge < -0.3 is 10.1 Å². The lowest BCUT2D eigenvalue weighted by molar-refractivity contribution is -0.0498. The number of hydrogen-bond donors (Lipinski definition) is 1. The number of nitrogens with one attached hydrogen (secondary N) is 1. The van der Waals surface area contributed by atoms with Gasteiger partial charge in [-0.05, 0) is 58.6 Å². The Morgan fingerprint density at radius 3 is 2.81 bits per heavy atom. The van der Waals surface area contributed by atoms with Crippen LogP contribution in [0.1, 0.15) is 10.4 Å². The standard InChI is InChI=1S/C16H12BrF2N5O2S/c1-24-16(21-22-23-24)27-13-6-5-10(17)8-12(13)20-14(25)9-3-2-4-11(7-9)26-15(18)19/h2-8,15H,1H3,(H,20,25). The molecule has 0 bridgehead atoms. The minimum absolute atomic E-state index is 0.0911. The average Bonchev–Trinajstić information content (AvgIpc) is 3.02. The number of alkyl halides is 2. The minimum Gasteiger partial charge on any atom is -0.435 e. The fourth-order valence-electron chi connectivity index (χ4n) is 2.10. The van der Waals surface area contributed by atoms with Crippen LogP contribution < -0.4 is 10.1 Å². The maximum Gasteiger partial charge on any atom is 0.387 e. The molecule has 140 valence electrons. The highest BCUT2D eigenvalue weighted by atomic mass is 79.9. The van der Waals surface area contributed by atoms with Crippen molar-refractivity contribution in [2.45, 2.75) is 16.7 Å². The van der Waals surface area contributed by atoms with Crippen molar-refractivity contribution in [2.24, 2.45) is 7.05 Å². The minimum atomic E-state index is -2.96. The monoisotopic (exact) mass is 455 g/mol. The van der Waals surface area contributed by atoms with Crippen LogP contribution in [0, 0.1) is 0 Å². The Hall–Kier alpha value is -2.53. The number of rotatable bonds is 6. The number of amides is 1. The SMILES string of the molecule is Cn1nnnc1Sc1ccc(Br)cc1NC(=O)c1cccc(OC(F)F)c1. The van der Waals surface area contributed by atoms with Crippen molar-refractivity contribution < 1.29 is 18.3 Å². The first-order valence-electron chi connectivity index (χ1n) is 7.48. The second kappa shape index (κ2) is 8.44. The van der Waals surface area contributed by atoms with Crippen molar-refractivity contribution >= 4 is 39.3 Å². The predicted octanol–water partition coefficient (Wildman–Crippen LogP) is 3.98. The summed E-state index contributed by atoms with van der Waals surface area (Å²) in [6.07, 6.45) is 0. The van der Waals surface area contributed by atoms with E-state index in [1.807, 2.05) is 6.07 Å². The summed E-state index contributed by atoms with van der Waals surface area (Å²) < 4.78 is 31.3. The molecule has 2 aromatic carbocycles. The first kappa shape index (κ1) is 19.2. The molecule has 0 unspecified atom stereocenters. The molecular weight excluding hydrogens is 444 g/mol.